The average molecular weight is 344 g/mol. The van der Waals surface area contributed by atoms with Crippen LogP contribution in [0.15, 0.2) is 29.2 Å². The first-order chi connectivity index (χ1) is 11.6. The summed E-state index contributed by atoms with van der Waals surface area (Å²) in [6.45, 7) is 3.55. The molecule has 0 unspecified atom stereocenters. The van der Waals surface area contributed by atoms with E-state index in [1.54, 1.807) is 0 Å². The predicted molar refractivity (Wildman–Crippen MR) is 96.1 cm³/mol. The molecule has 1 aromatic carbocycles. The summed E-state index contributed by atoms with van der Waals surface area (Å²) in [5.74, 6) is 1.59. The van der Waals surface area contributed by atoms with Gasteiger partial charge in [-0.1, -0.05) is 12.1 Å². The highest BCUT2D eigenvalue weighted by molar-refractivity contribution is 7.99. The molecule has 1 aliphatic carbocycles. The molecule has 128 valence electrons. The summed E-state index contributed by atoms with van der Waals surface area (Å²) < 4.78 is 0. The lowest BCUT2D eigenvalue weighted by atomic mass is 9.95. The van der Waals surface area contributed by atoms with Crippen molar-refractivity contribution < 1.29 is 9.59 Å². The molecule has 2 fully saturated rings. The third-order valence-electron chi connectivity index (χ3n) is 5.29. The first kappa shape index (κ1) is 16.0. The zero-order chi connectivity index (χ0) is 16.7. The first-order valence-corrected chi connectivity index (χ1v) is 9.97. The van der Waals surface area contributed by atoms with Crippen molar-refractivity contribution >= 4 is 29.3 Å². The normalized spacial score (nSPS) is 26.9. The number of rotatable bonds is 2. The number of carbonyl (C=O) groups excluding carboxylic acids is 2. The highest BCUT2D eigenvalue weighted by atomic mass is 32.2. The van der Waals surface area contributed by atoms with Crippen molar-refractivity contribution in [2.24, 2.45) is 11.8 Å². The fourth-order valence-corrected chi connectivity index (χ4v) is 4.86. The summed E-state index contributed by atoms with van der Waals surface area (Å²) in [6.07, 6.45) is 3.89. The molecule has 1 aromatic rings. The van der Waals surface area contributed by atoms with E-state index in [0.717, 1.165) is 43.7 Å². The van der Waals surface area contributed by atoms with Crippen LogP contribution in [0.2, 0.25) is 0 Å². The van der Waals surface area contributed by atoms with Crippen LogP contribution in [0, 0.1) is 11.8 Å². The lowest BCUT2D eigenvalue weighted by molar-refractivity contribution is -0.136. The van der Waals surface area contributed by atoms with Crippen LogP contribution in [-0.2, 0) is 9.59 Å². The molecular formula is C19H24N2O2S. The Bertz CT molecular complexity index is 659. The molecule has 4 rings (SSSR count). The number of anilines is 1. The van der Waals surface area contributed by atoms with Crippen LogP contribution in [0.25, 0.3) is 0 Å². The summed E-state index contributed by atoms with van der Waals surface area (Å²) >= 11 is 1.82. The van der Waals surface area contributed by atoms with Crippen molar-refractivity contribution in [2.75, 3.05) is 23.7 Å². The van der Waals surface area contributed by atoms with Gasteiger partial charge in [0.1, 0.15) is 0 Å². The van der Waals surface area contributed by atoms with E-state index < -0.39 is 0 Å². The van der Waals surface area contributed by atoms with Crippen molar-refractivity contribution in [1.29, 1.82) is 0 Å². The Morgan fingerprint density at radius 1 is 1.08 bits per heavy atom. The number of piperidine rings is 1. The van der Waals surface area contributed by atoms with Gasteiger partial charge >= 0.3 is 0 Å². The van der Waals surface area contributed by atoms with Crippen LogP contribution in [-0.4, -0.2) is 41.6 Å². The van der Waals surface area contributed by atoms with Crippen LogP contribution >= 0.6 is 11.8 Å². The number of carbonyl (C=O) groups is 2. The van der Waals surface area contributed by atoms with Gasteiger partial charge in [0.15, 0.2) is 0 Å². The minimum atomic E-state index is -0.0555. The van der Waals surface area contributed by atoms with Gasteiger partial charge in [-0.2, -0.15) is 0 Å². The van der Waals surface area contributed by atoms with Crippen LogP contribution in [0.4, 0.5) is 5.69 Å². The molecule has 2 heterocycles. The summed E-state index contributed by atoms with van der Waals surface area (Å²) in [4.78, 5) is 30.7. The van der Waals surface area contributed by atoms with E-state index in [1.165, 1.54) is 4.90 Å². The Labute approximate surface area is 147 Å². The third kappa shape index (κ3) is 2.94. The lowest BCUT2D eigenvalue weighted by Crippen LogP contribution is -2.51. The SMILES string of the molecule is C[C@H]1CSc2ccccc2N1C(=O)[C@@H]1CCCN(C(=O)C2CC2)C1. The number of hydrogen-bond acceptors (Lipinski definition) is 3. The highest BCUT2D eigenvalue weighted by Crippen LogP contribution is 2.39. The van der Waals surface area contributed by atoms with Crippen LogP contribution in [0.1, 0.15) is 32.6 Å². The molecule has 3 aliphatic rings. The van der Waals surface area contributed by atoms with E-state index in [2.05, 4.69) is 13.0 Å². The first-order valence-electron chi connectivity index (χ1n) is 8.99. The number of benzene rings is 1. The second kappa shape index (κ2) is 6.43. The number of para-hydroxylation sites is 1. The Hall–Kier alpha value is -1.49. The maximum atomic E-state index is 13.3. The zero-order valence-electron chi connectivity index (χ0n) is 14.1. The molecule has 0 bridgehead atoms. The summed E-state index contributed by atoms with van der Waals surface area (Å²) in [6, 6.07) is 8.37. The molecule has 1 saturated carbocycles. The molecule has 0 spiro atoms. The summed E-state index contributed by atoms with van der Waals surface area (Å²) in [5, 5.41) is 0. The highest BCUT2D eigenvalue weighted by Gasteiger charge is 2.39. The Kier molecular flexibility index (Phi) is 4.29. The van der Waals surface area contributed by atoms with Gasteiger partial charge in [-0.15, -0.1) is 11.8 Å². The molecule has 2 aliphatic heterocycles. The number of amides is 2. The van der Waals surface area contributed by atoms with Crippen molar-refractivity contribution in [3.05, 3.63) is 24.3 Å². The van der Waals surface area contributed by atoms with Gasteiger partial charge in [0.05, 0.1) is 11.6 Å². The fourth-order valence-electron chi connectivity index (χ4n) is 3.80. The predicted octanol–water partition coefficient (Wildman–Crippen LogP) is 3.16. The molecule has 0 radical (unpaired) electrons. The zero-order valence-corrected chi connectivity index (χ0v) is 14.9. The maximum absolute atomic E-state index is 13.3. The van der Waals surface area contributed by atoms with Gasteiger partial charge in [-0.05, 0) is 44.7 Å². The van der Waals surface area contributed by atoms with E-state index >= 15 is 0 Å². The number of likely N-dealkylation sites (tertiary alicyclic amines) is 1. The molecule has 1 saturated heterocycles. The van der Waals surface area contributed by atoms with Gasteiger partial charge in [0.2, 0.25) is 11.8 Å². The molecule has 0 N–H and O–H groups in total. The van der Waals surface area contributed by atoms with E-state index in [-0.39, 0.29) is 29.7 Å². The monoisotopic (exact) mass is 344 g/mol. The van der Waals surface area contributed by atoms with Crippen molar-refractivity contribution in [3.63, 3.8) is 0 Å². The maximum Gasteiger partial charge on any atom is 0.232 e. The molecule has 2 amide bonds. The Morgan fingerprint density at radius 2 is 1.88 bits per heavy atom. The van der Waals surface area contributed by atoms with Crippen molar-refractivity contribution in [1.82, 2.24) is 4.90 Å². The van der Waals surface area contributed by atoms with Crippen molar-refractivity contribution in [3.8, 4) is 0 Å². The molecular weight excluding hydrogens is 320 g/mol. The Balaban J connectivity index is 1.53. The Morgan fingerprint density at radius 3 is 2.67 bits per heavy atom. The smallest absolute Gasteiger partial charge is 0.232 e. The minimum Gasteiger partial charge on any atom is -0.342 e. The van der Waals surface area contributed by atoms with Gasteiger partial charge in [0, 0.05) is 35.7 Å². The van der Waals surface area contributed by atoms with E-state index in [0.29, 0.717) is 6.54 Å². The van der Waals surface area contributed by atoms with E-state index in [9.17, 15) is 9.59 Å². The standard InChI is InChI=1S/C19H24N2O2S/c1-13-12-24-17-7-3-2-6-16(17)21(13)19(23)15-5-4-10-20(11-15)18(22)14-8-9-14/h2-3,6-7,13-15H,4-5,8-12H2,1H3/t13-,15+/m0/s1. The summed E-state index contributed by atoms with van der Waals surface area (Å²) in [7, 11) is 0. The summed E-state index contributed by atoms with van der Waals surface area (Å²) in [5.41, 5.74) is 1.04. The largest absolute Gasteiger partial charge is 0.342 e. The second-order valence-electron chi connectivity index (χ2n) is 7.23. The fraction of sp³-hybridized carbons (Fsp3) is 0.579. The third-order valence-corrected chi connectivity index (χ3v) is 6.60. The number of fused-ring (bicyclic) bond motifs is 1. The van der Waals surface area contributed by atoms with Crippen LogP contribution < -0.4 is 4.90 Å². The van der Waals surface area contributed by atoms with Gasteiger partial charge < -0.3 is 9.80 Å². The molecule has 2 atom stereocenters. The van der Waals surface area contributed by atoms with Crippen LogP contribution in [0.3, 0.4) is 0 Å². The minimum absolute atomic E-state index is 0.0555. The van der Waals surface area contributed by atoms with Crippen LogP contribution in [0.5, 0.6) is 0 Å². The van der Waals surface area contributed by atoms with Gasteiger partial charge in [-0.25, -0.2) is 0 Å². The lowest BCUT2D eigenvalue weighted by Gasteiger charge is -2.39. The molecule has 0 aromatic heterocycles. The average Bonchev–Trinajstić information content (AvgIpc) is 3.46. The number of nitrogens with zero attached hydrogens (tertiary/aromatic N) is 2. The van der Waals surface area contributed by atoms with Gasteiger partial charge in [0.25, 0.3) is 0 Å². The van der Waals surface area contributed by atoms with Gasteiger partial charge in [-0.3, -0.25) is 9.59 Å². The molecule has 24 heavy (non-hydrogen) atoms. The van der Waals surface area contributed by atoms with E-state index in [1.807, 2.05) is 39.8 Å². The van der Waals surface area contributed by atoms with E-state index in [4.69, 9.17) is 0 Å². The second-order valence-corrected chi connectivity index (χ2v) is 8.30. The van der Waals surface area contributed by atoms with Crippen molar-refractivity contribution in [2.45, 2.75) is 43.5 Å². The molecule has 4 nitrogen and oxygen atoms in total. The number of hydrogen-bond donors (Lipinski definition) is 0. The molecule has 5 heteroatoms. The quantitative estimate of drug-likeness (QED) is 0.827. The number of thioether (sulfide) groups is 1. The topological polar surface area (TPSA) is 40.6 Å².